The molecule has 0 aliphatic carbocycles. The molecule has 2 aromatic rings. The molecule has 1 amide bonds. The van der Waals surface area contributed by atoms with E-state index in [-0.39, 0.29) is 5.56 Å². The van der Waals surface area contributed by atoms with Crippen LogP contribution in [0.4, 0.5) is 5.69 Å². The lowest BCUT2D eigenvalue weighted by Crippen LogP contribution is -2.29. The van der Waals surface area contributed by atoms with E-state index < -0.39 is 17.3 Å². The lowest BCUT2D eigenvalue weighted by Gasteiger charge is -2.08. The van der Waals surface area contributed by atoms with Crippen molar-refractivity contribution in [1.82, 2.24) is 9.55 Å². The summed E-state index contributed by atoms with van der Waals surface area (Å²) in [5.41, 5.74) is -0.276. The van der Waals surface area contributed by atoms with Crippen LogP contribution < -0.4 is 10.9 Å². The number of thioether (sulfide) groups is 1. The average molecular weight is 289 g/mol. The highest BCUT2D eigenvalue weighted by Gasteiger charge is 2.24. The van der Waals surface area contributed by atoms with Crippen molar-refractivity contribution in [3.8, 4) is 5.88 Å². The zero-order valence-corrected chi connectivity index (χ0v) is 11.2. The van der Waals surface area contributed by atoms with E-state index in [2.05, 4.69) is 10.3 Å². The van der Waals surface area contributed by atoms with Crippen molar-refractivity contribution in [1.29, 1.82) is 0 Å². The summed E-state index contributed by atoms with van der Waals surface area (Å²) in [6, 6.07) is 8.74. The zero-order valence-electron chi connectivity index (χ0n) is 10.4. The van der Waals surface area contributed by atoms with E-state index >= 15 is 0 Å². The number of para-hydroxylation sites is 1. The smallest absolute Gasteiger partial charge is 0.271 e. The normalized spacial score (nSPS) is 13.0. The SMILES string of the molecule is O=C(Nc1ccccc1)c1c(O)nc2n(c1=O)CCS2. The second-order valence-corrected chi connectivity index (χ2v) is 5.28. The summed E-state index contributed by atoms with van der Waals surface area (Å²) >= 11 is 1.38. The Morgan fingerprint density at radius 2 is 2.10 bits per heavy atom. The topological polar surface area (TPSA) is 84.2 Å². The van der Waals surface area contributed by atoms with Crippen LogP contribution in [0.1, 0.15) is 10.4 Å². The highest BCUT2D eigenvalue weighted by atomic mass is 32.2. The van der Waals surface area contributed by atoms with Crippen molar-refractivity contribution < 1.29 is 9.90 Å². The number of nitrogens with one attached hydrogen (secondary N) is 1. The number of carbonyl (C=O) groups excluding carboxylic acids is 1. The van der Waals surface area contributed by atoms with E-state index in [1.807, 2.05) is 6.07 Å². The number of hydrogen-bond donors (Lipinski definition) is 2. The Hall–Kier alpha value is -2.28. The minimum absolute atomic E-state index is 0.319. The Bertz CT molecular complexity index is 728. The van der Waals surface area contributed by atoms with Crippen LogP contribution in [0.3, 0.4) is 0 Å². The molecule has 3 rings (SSSR count). The molecule has 7 heteroatoms. The summed E-state index contributed by atoms with van der Waals surface area (Å²) < 4.78 is 1.41. The highest BCUT2D eigenvalue weighted by molar-refractivity contribution is 7.99. The number of rotatable bonds is 2. The molecule has 0 saturated heterocycles. The van der Waals surface area contributed by atoms with E-state index in [1.54, 1.807) is 24.3 Å². The van der Waals surface area contributed by atoms with Crippen LogP contribution in [-0.4, -0.2) is 26.3 Å². The van der Waals surface area contributed by atoms with E-state index in [1.165, 1.54) is 16.3 Å². The molecule has 1 aromatic carbocycles. The summed E-state index contributed by atoms with van der Waals surface area (Å²) in [4.78, 5) is 28.2. The molecule has 20 heavy (non-hydrogen) atoms. The van der Waals surface area contributed by atoms with Gasteiger partial charge in [-0.3, -0.25) is 14.2 Å². The molecule has 0 radical (unpaired) electrons. The first-order chi connectivity index (χ1) is 9.66. The van der Waals surface area contributed by atoms with Gasteiger partial charge in [-0.25, -0.2) is 0 Å². The van der Waals surface area contributed by atoms with Gasteiger partial charge in [0.1, 0.15) is 0 Å². The maximum atomic E-state index is 12.2. The van der Waals surface area contributed by atoms with Crippen LogP contribution in [0.15, 0.2) is 40.3 Å². The average Bonchev–Trinajstić information content (AvgIpc) is 2.88. The molecule has 0 atom stereocenters. The van der Waals surface area contributed by atoms with E-state index in [4.69, 9.17) is 0 Å². The third-order valence-electron chi connectivity index (χ3n) is 2.92. The molecular weight excluding hydrogens is 278 g/mol. The van der Waals surface area contributed by atoms with Crippen LogP contribution >= 0.6 is 11.8 Å². The van der Waals surface area contributed by atoms with Crippen LogP contribution in [-0.2, 0) is 6.54 Å². The number of carbonyl (C=O) groups is 1. The number of amides is 1. The predicted molar refractivity (Wildman–Crippen MR) is 75.3 cm³/mol. The van der Waals surface area contributed by atoms with Gasteiger partial charge in [0.2, 0.25) is 5.88 Å². The van der Waals surface area contributed by atoms with Crippen LogP contribution in [0.2, 0.25) is 0 Å². The molecule has 0 fully saturated rings. The molecule has 102 valence electrons. The number of nitrogens with zero attached hydrogens (tertiary/aromatic N) is 2. The third kappa shape index (κ3) is 2.16. The van der Waals surface area contributed by atoms with Gasteiger partial charge in [0, 0.05) is 18.0 Å². The molecule has 1 aliphatic heterocycles. The van der Waals surface area contributed by atoms with Gasteiger partial charge in [-0.05, 0) is 12.1 Å². The minimum Gasteiger partial charge on any atom is -0.493 e. The largest absolute Gasteiger partial charge is 0.493 e. The molecule has 2 heterocycles. The molecular formula is C13H11N3O3S. The summed E-state index contributed by atoms with van der Waals surface area (Å²) in [5.74, 6) is -0.465. The fourth-order valence-corrected chi connectivity index (χ4v) is 2.91. The lowest BCUT2D eigenvalue weighted by molar-refractivity contribution is 0.102. The standard InChI is InChI=1S/C13H11N3O3S/c17-10(14-8-4-2-1-3-5-8)9-11(18)15-13-16(12(9)19)6-7-20-13/h1-5,18H,6-7H2,(H,14,17). The van der Waals surface area contributed by atoms with Crippen LogP contribution in [0, 0.1) is 0 Å². The maximum Gasteiger partial charge on any atom is 0.271 e. The number of hydrogen-bond acceptors (Lipinski definition) is 5. The maximum absolute atomic E-state index is 12.2. The van der Waals surface area contributed by atoms with Gasteiger partial charge in [-0.15, -0.1) is 0 Å². The van der Waals surface area contributed by atoms with Gasteiger partial charge in [-0.1, -0.05) is 30.0 Å². The third-order valence-corrected chi connectivity index (χ3v) is 3.88. The molecule has 0 unspecified atom stereocenters. The fourth-order valence-electron chi connectivity index (χ4n) is 1.97. The first kappa shape index (κ1) is 12.7. The van der Waals surface area contributed by atoms with E-state index in [9.17, 15) is 14.7 Å². The summed E-state index contributed by atoms with van der Waals surface area (Å²) in [6.45, 7) is 0.498. The van der Waals surface area contributed by atoms with Crippen molar-refractivity contribution >= 4 is 23.4 Å². The zero-order chi connectivity index (χ0) is 14.1. The second-order valence-electron chi connectivity index (χ2n) is 4.22. The number of fused-ring (bicyclic) bond motifs is 1. The molecule has 2 N–H and O–H groups in total. The van der Waals surface area contributed by atoms with Crippen molar-refractivity contribution in [3.05, 3.63) is 46.2 Å². The van der Waals surface area contributed by atoms with Gasteiger partial charge >= 0.3 is 0 Å². The number of anilines is 1. The fraction of sp³-hybridized carbons (Fsp3) is 0.154. The van der Waals surface area contributed by atoms with E-state index in [0.29, 0.717) is 23.1 Å². The first-order valence-electron chi connectivity index (χ1n) is 6.00. The Kier molecular flexibility index (Phi) is 3.19. The summed E-state index contributed by atoms with van der Waals surface area (Å²) in [5, 5.41) is 12.8. The van der Waals surface area contributed by atoms with Crippen LogP contribution in [0.25, 0.3) is 0 Å². The molecule has 0 saturated carbocycles. The highest BCUT2D eigenvalue weighted by Crippen LogP contribution is 2.24. The predicted octanol–water partition coefficient (Wildman–Crippen LogP) is 1.31. The Morgan fingerprint density at radius 1 is 1.35 bits per heavy atom. The monoisotopic (exact) mass is 289 g/mol. The molecule has 0 bridgehead atoms. The molecule has 1 aliphatic rings. The van der Waals surface area contributed by atoms with Gasteiger partial charge in [0.25, 0.3) is 11.5 Å². The van der Waals surface area contributed by atoms with Gasteiger partial charge in [0.05, 0.1) is 0 Å². The minimum atomic E-state index is -0.654. The quantitative estimate of drug-likeness (QED) is 0.814. The number of benzene rings is 1. The van der Waals surface area contributed by atoms with Gasteiger partial charge in [0.15, 0.2) is 10.7 Å². The van der Waals surface area contributed by atoms with Gasteiger partial charge < -0.3 is 10.4 Å². The number of aromatic nitrogens is 2. The Morgan fingerprint density at radius 3 is 2.85 bits per heavy atom. The lowest BCUT2D eigenvalue weighted by atomic mass is 10.2. The number of aromatic hydroxyl groups is 1. The Balaban J connectivity index is 1.98. The summed E-state index contributed by atoms with van der Waals surface area (Å²) in [6.07, 6.45) is 0. The first-order valence-corrected chi connectivity index (χ1v) is 6.98. The van der Waals surface area contributed by atoms with Crippen molar-refractivity contribution in [2.75, 3.05) is 11.1 Å². The van der Waals surface area contributed by atoms with Gasteiger partial charge in [-0.2, -0.15) is 4.98 Å². The van der Waals surface area contributed by atoms with Crippen molar-refractivity contribution in [2.24, 2.45) is 0 Å². The van der Waals surface area contributed by atoms with Crippen molar-refractivity contribution in [2.45, 2.75) is 11.7 Å². The van der Waals surface area contributed by atoms with Crippen molar-refractivity contribution in [3.63, 3.8) is 0 Å². The summed E-state index contributed by atoms with van der Waals surface area (Å²) in [7, 11) is 0. The van der Waals surface area contributed by atoms with Crippen LogP contribution in [0.5, 0.6) is 5.88 Å². The molecule has 0 spiro atoms. The molecule has 6 nitrogen and oxygen atoms in total. The Labute approximate surface area is 118 Å². The molecule has 1 aromatic heterocycles. The van der Waals surface area contributed by atoms with E-state index in [0.717, 1.165) is 0 Å². The second kappa shape index (κ2) is 5.01.